The molecule has 2 aromatic rings. The largest absolute Gasteiger partial charge is 0.348 e. The van der Waals surface area contributed by atoms with Crippen molar-refractivity contribution in [2.24, 2.45) is 5.73 Å². The highest BCUT2D eigenvalue weighted by atomic mass is 16.1. The van der Waals surface area contributed by atoms with Crippen LogP contribution in [0.2, 0.25) is 0 Å². The normalized spacial score (nSPS) is 15.4. The van der Waals surface area contributed by atoms with E-state index in [4.69, 9.17) is 5.73 Å². The molecule has 2 aromatic carbocycles. The Morgan fingerprint density at radius 3 is 2.31 bits per heavy atom. The van der Waals surface area contributed by atoms with Crippen molar-refractivity contribution >= 4 is 5.91 Å². The second-order valence-electron chi connectivity index (χ2n) is 7.09. The van der Waals surface area contributed by atoms with Crippen LogP contribution < -0.4 is 11.1 Å². The number of carbonyl (C=O) groups is 1. The Labute approximate surface area is 156 Å². The van der Waals surface area contributed by atoms with Crippen LogP contribution in [-0.2, 0) is 19.6 Å². The molecular weight excluding hydrogens is 322 g/mol. The molecule has 3 rings (SSSR count). The van der Waals surface area contributed by atoms with E-state index in [9.17, 15) is 4.79 Å². The van der Waals surface area contributed by atoms with Crippen LogP contribution in [-0.4, -0.2) is 23.9 Å². The molecule has 0 radical (unpaired) electrons. The highest BCUT2D eigenvalue weighted by molar-refractivity contribution is 5.94. The lowest BCUT2D eigenvalue weighted by molar-refractivity contribution is 0.0951. The standard InChI is InChI=1S/C22H29N3O/c23-15-18-8-10-21(11-9-18)22(26)24-16-19-6-5-7-20(14-19)17-25-12-3-1-2-4-13-25/h5-11,14H,1-4,12-13,15-17,23H2,(H,24,26). The van der Waals surface area contributed by atoms with Gasteiger partial charge in [-0.1, -0.05) is 49.2 Å². The molecule has 4 nitrogen and oxygen atoms in total. The zero-order valence-corrected chi connectivity index (χ0v) is 15.4. The summed E-state index contributed by atoms with van der Waals surface area (Å²) in [5.74, 6) is -0.0495. The predicted molar refractivity (Wildman–Crippen MR) is 106 cm³/mol. The van der Waals surface area contributed by atoms with Gasteiger partial charge in [0.2, 0.25) is 0 Å². The molecule has 0 unspecified atom stereocenters. The summed E-state index contributed by atoms with van der Waals surface area (Å²) in [4.78, 5) is 14.9. The van der Waals surface area contributed by atoms with Crippen LogP contribution in [0.1, 0.15) is 52.7 Å². The Morgan fingerprint density at radius 1 is 0.923 bits per heavy atom. The van der Waals surface area contributed by atoms with E-state index in [1.54, 1.807) is 0 Å². The number of rotatable bonds is 6. The summed E-state index contributed by atoms with van der Waals surface area (Å²) < 4.78 is 0. The Hall–Kier alpha value is -2.17. The fraction of sp³-hybridized carbons (Fsp3) is 0.409. The smallest absolute Gasteiger partial charge is 0.251 e. The zero-order valence-electron chi connectivity index (χ0n) is 15.4. The molecule has 1 amide bonds. The maximum Gasteiger partial charge on any atom is 0.251 e. The first-order valence-electron chi connectivity index (χ1n) is 9.62. The van der Waals surface area contributed by atoms with Gasteiger partial charge in [-0.3, -0.25) is 9.69 Å². The van der Waals surface area contributed by atoms with Crippen molar-refractivity contribution < 1.29 is 4.79 Å². The van der Waals surface area contributed by atoms with Gasteiger partial charge in [0.25, 0.3) is 5.91 Å². The Kier molecular flexibility index (Phi) is 6.81. The summed E-state index contributed by atoms with van der Waals surface area (Å²) in [6, 6.07) is 16.0. The summed E-state index contributed by atoms with van der Waals surface area (Å²) >= 11 is 0. The van der Waals surface area contributed by atoms with E-state index in [-0.39, 0.29) is 5.91 Å². The number of nitrogens with one attached hydrogen (secondary N) is 1. The van der Waals surface area contributed by atoms with Crippen LogP contribution in [0.15, 0.2) is 48.5 Å². The van der Waals surface area contributed by atoms with E-state index in [0.717, 1.165) is 17.7 Å². The fourth-order valence-corrected chi connectivity index (χ4v) is 3.47. The molecule has 0 spiro atoms. The van der Waals surface area contributed by atoms with Crippen LogP contribution in [0.3, 0.4) is 0 Å². The van der Waals surface area contributed by atoms with Crippen LogP contribution in [0.4, 0.5) is 0 Å². The average Bonchev–Trinajstić information content (AvgIpc) is 2.95. The van der Waals surface area contributed by atoms with Crippen molar-refractivity contribution in [3.8, 4) is 0 Å². The Bertz CT molecular complexity index is 704. The molecule has 138 valence electrons. The minimum atomic E-state index is -0.0495. The lowest BCUT2D eigenvalue weighted by Gasteiger charge is -2.20. The molecule has 1 aliphatic rings. The molecule has 1 heterocycles. The minimum Gasteiger partial charge on any atom is -0.348 e. The summed E-state index contributed by atoms with van der Waals surface area (Å²) in [6.07, 6.45) is 5.32. The van der Waals surface area contributed by atoms with Crippen molar-refractivity contribution in [3.63, 3.8) is 0 Å². The van der Waals surface area contributed by atoms with Crippen molar-refractivity contribution in [1.82, 2.24) is 10.2 Å². The molecule has 1 saturated heterocycles. The van der Waals surface area contributed by atoms with E-state index in [1.165, 1.54) is 44.3 Å². The van der Waals surface area contributed by atoms with Gasteiger partial charge in [0, 0.05) is 25.2 Å². The predicted octanol–water partition coefficient (Wildman–Crippen LogP) is 3.45. The maximum absolute atomic E-state index is 12.3. The van der Waals surface area contributed by atoms with E-state index in [0.29, 0.717) is 18.7 Å². The van der Waals surface area contributed by atoms with Crippen molar-refractivity contribution in [3.05, 3.63) is 70.8 Å². The van der Waals surface area contributed by atoms with E-state index in [2.05, 4.69) is 34.5 Å². The molecule has 0 atom stereocenters. The van der Waals surface area contributed by atoms with Gasteiger partial charge in [-0.2, -0.15) is 0 Å². The zero-order chi connectivity index (χ0) is 18.2. The second kappa shape index (κ2) is 9.51. The quantitative estimate of drug-likeness (QED) is 0.838. The lowest BCUT2D eigenvalue weighted by Crippen LogP contribution is -2.24. The molecule has 1 fully saturated rings. The fourth-order valence-electron chi connectivity index (χ4n) is 3.47. The van der Waals surface area contributed by atoms with Crippen LogP contribution >= 0.6 is 0 Å². The summed E-state index contributed by atoms with van der Waals surface area (Å²) in [7, 11) is 0. The first-order valence-corrected chi connectivity index (χ1v) is 9.62. The average molecular weight is 351 g/mol. The summed E-state index contributed by atoms with van der Waals surface area (Å²) in [5.41, 5.74) is 9.76. The van der Waals surface area contributed by atoms with Crippen LogP contribution in [0, 0.1) is 0 Å². The van der Waals surface area contributed by atoms with Gasteiger partial charge in [-0.15, -0.1) is 0 Å². The molecule has 0 bridgehead atoms. The topological polar surface area (TPSA) is 58.4 Å². The van der Waals surface area contributed by atoms with Gasteiger partial charge in [0.05, 0.1) is 0 Å². The third-order valence-electron chi connectivity index (χ3n) is 5.00. The number of carbonyl (C=O) groups excluding carboxylic acids is 1. The number of hydrogen-bond donors (Lipinski definition) is 2. The van der Waals surface area contributed by atoms with Crippen molar-refractivity contribution in [2.45, 2.75) is 45.3 Å². The SMILES string of the molecule is NCc1ccc(C(=O)NCc2cccc(CN3CCCCCC3)c2)cc1. The molecule has 26 heavy (non-hydrogen) atoms. The van der Waals surface area contributed by atoms with E-state index < -0.39 is 0 Å². The highest BCUT2D eigenvalue weighted by Gasteiger charge is 2.10. The van der Waals surface area contributed by atoms with Gasteiger partial charge in [0.15, 0.2) is 0 Å². The highest BCUT2D eigenvalue weighted by Crippen LogP contribution is 2.14. The van der Waals surface area contributed by atoms with E-state index in [1.807, 2.05) is 24.3 Å². The van der Waals surface area contributed by atoms with Crippen LogP contribution in [0.5, 0.6) is 0 Å². The summed E-state index contributed by atoms with van der Waals surface area (Å²) in [6.45, 7) is 4.43. The number of likely N-dealkylation sites (tertiary alicyclic amines) is 1. The molecule has 3 N–H and O–H groups in total. The molecule has 4 heteroatoms. The lowest BCUT2D eigenvalue weighted by atomic mass is 10.1. The second-order valence-corrected chi connectivity index (χ2v) is 7.09. The first kappa shape index (κ1) is 18.6. The molecule has 0 saturated carbocycles. The number of nitrogens with zero attached hydrogens (tertiary/aromatic N) is 1. The van der Waals surface area contributed by atoms with Crippen molar-refractivity contribution in [2.75, 3.05) is 13.1 Å². The number of benzene rings is 2. The summed E-state index contributed by atoms with van der Waals surface area (Å²) in [5, 5.41) is 3.01. The molecule has 0 aliphatic carbocycles. The third kappa shape index (κ3) is 5.41. The molecule has 0 aromatic heterocycles. The van der Waals surface area contributed by atoms with Gasteiger partial charge in [0.1, 0.15) is 0 Å². The first-order chi connectivity index (χ1) is 12.7. The van der Waals surface area contributed by atoms with Gasteiger partial charge >= 0.3 is 0 Å². The number of nitrogens with two attached hydrogens (primary N) is 1. The van der Waals surface area contributed by atoms with Crippen LogP contribution in [0.25, 0.3) is 0 Å². The monoisotopic (exact) mass is 351 g/mol. The number of hydrogen-bond acceptors (Lipinski definition) is 3. The molecule has 1 aliphatic heterocycles. The van der Waals surface area contributed by atoms with E-state index >= 15 is 0 Å². The molecular formula is C22H29N3O. The maximum atomic E-state index is 12.3. The van der Waals surface area contributed by atoms with Crippen molar-refractivity contribution in [1.29, 1.82) is 0 Å². The minimum absolute atomic E-state index is 0.0495. The number of amides is 1. The third-order valence-corrected chi connectivity index (χ3v) is 5.00. The van der Waals surface area contributed by atoms with Gasteiger partial charge < -0.3 is 11.1 Å². The Balaban J connectivity index is 1.55. The van der Waals surface area contributed by atoms with Gasteiger partial charge in [-0.25, -0.2) is 0 Å². The van der Waals surface area contributed by atoms with Gasteiger partial charge in [-0.05, 0) is 54.8 Å². The Morgan fingerprint density at radius 2 is 1.62 bits per heavy atom.